The van der Waals surface area contributed by atoms with Crippen molar-refractivity contribution in [2.75, 3.05) is 13.2 Å². The summed E-state index contributed by atoms with van der Waals surface area (Å²) in [5.41, 5.74) is 0.0204. The van der Waals surface area contributed by atoms with Gasteiger partial charge in [-0.3, -0.25) is 0 Å². The van der Waals surface area contributed by atoms with Crippen LogP contribution >= 0.6 is 0 Å². The van der Waals surface area contributed by atoms with Crippen molar-refractivity contribution in [2.24, 2.45) is 5.41 Å². The van der Waals surface area contributed by atoms with Crippen LogP contribution in [0.3, 0.4) is 0 Å². The predicted octanol–water partition coefficient (Wildman–Crippen LogP) is 1.30. The zero-order valence-corrected chi connectivity index (χ0v) is 9.58. The van der Waals surface area contributed by atoms with E-state index in [2.05, 4.69) is 29.1 Å². The summed E-state index contributed by atoms with van der Waals surface area (Å²) in [4.78, 5) is 7.17. The molecule has 3 N–H and O–H groups in total. The third-order valence-electron chi connectivity index (χ3n) is 3.18. The normalized spacial score (nSPS) is 11.9. The smallest absolute Gasteiger partial charge is 0.120 e. The van der Waals surface area contributed by atoms with Gasteiger partial charge in [0.1, 0.15) is 5.82 Å². The molecule has 0 unspecified atom stereocenters. The average Bonchev–Trinajstić information content (AvgIpc) is 2.78. The van der Waals surface area contributed by atoms with Gasteiger partial charge in [-0.25, -0.2) is 4.98 Å². The highest BCUT2D eigenvalue weighted by Gasteiger charge is 2.24. The Hall–Kier alpha value is -0.870. The van der Waals surface area contributed by atoms with Crippen LogP contribution in [0, 0.1) is 5.41 Å². The van der Waals surface area contributed by atoms with Crippen LogP contribution in [0.4, 0.5) is 0 Å². The van der Waals surface area contributed by atoms with Gasteiger partial charge in [-0.2, -0.15) is 0 Å². The summed E-state index contributed by atoms with van der Waals surface area (Å²) in [5.74, 6) is 0.939. The summed E-state index contributed by atoms with van der Waals surface area (Å²) < 4.78 is 0. The van der Waals surface area contributed by atoms with E-state index < -0.39 is 0 Å². The second kappa shape index (κ2) is 5.88. The van der Waals surface area contributed by atoms with E-state index in [1.165, 1.54) is 0 Å². The molecule has 0 aromatic carbocycles. The van der Waals surface area contributed by atoms with Crippen molar-refractivity contribution >= 4 is 0 Å². The third kappa shape index (κ3) is 3.32. The SMILES string of the molecule is CCC(CC)(CO)CNCc1ncc[nH]1. The number of hydrogen-bond donors (Lipinski definition) is 3. The molecule has 4 nitrogen and oxygen atoms in total. The lowest BCUT2D eigenvalue weighted by Crippen LogP contribution is -2.36. The molecular weight excluding hydrogens is 190 g/mol. The summed E-state index contributed by atoms with van der Waals surface area (Å²) in [5, 5.41) is 12.7. The van der Waals surface area contributed by atoms with Gasteiger partial charge in [0, 0.05) is 31.0 Å². The van der Waals surface area contributed by atoms with Crippen LogP contribution in [0.1, 0.15) is 32.5 Å². The molecule has 15 heavy (non-hydrogen) atoms. The van der Waals surface area contributed by atoms with Crippen LogP contribution in [0.25, 0.3) is 0 Å². The molecule has 4 heteroatoms. The van der Waals surface area contributed by atoms with Crippen LogP contribution in [0.15, 0.2) is 12.4 Å². The molecule has 0 amide bonds. The molecular formula is C11H21N3O. The van der Waals surface area contributed by atoms with Crippen molar-refractivity contribution in [1.29, 1.82) is 0 Å². The summed E-state index contributed by atoms with van der Waals surface area (Å²) in [6.07, 6.45) is 5.54. The Morgan fingerprint density at radius 3 is 2.67 bits per heavy atom. The molecule has 1 rings (SSSR count). The van der Waals surface area contributed by atoms with E-state index >= 15 is 0 Å². The molecule has 86 valence electrons. The molecule has 0 saturated carbocycles. The number of aliphatic hydroxyl groups is 1. The van der Waals surface area contributed by atoms with Crippen molar-refractivity contribution < 1.29 is 5.11 Å². The number of hydrogen-bond acceptors (Lipinski definition) is 3. The zero-order valence-electron chi connectivity index (χ0n) is 9.58. The maximum atomic E-state index is 9.37. The zero-order chi connectivity index (χ0) is 11.1. The largest absolute Gasteiger partial charge is 0.396 e. The van der Waals surface area contributed by atoms with Gasteiger partial charge in [0.05, 0.1) is 6.54 Å². The Kier molecular flexibility index (Phi) is 4.78. The molecule has 0 atom stereocenters. The number of imidazole rings is 1. The average molecular weight is 211 g/mol. The lowest BCUT2D eigenvalue weighted by molar-refractivity contribution is 0.113. The minimum atomic E-state index is 0.0204. The second-order valence-electron chi connectivity index (χ2n) is 4.00. The highest BCUT2D eigenvalue weighted by Crippen LogP contribution is 2.24. The summed E-state index contributed by atoms with van der Waals surface area (Å²) in [6.45, 7) is 6.04. The number of aromatic amines is 1. The first-order valence-electron chi connectivity index (χ1n) is 5.56. The summed E-state index contributed by atoms with van der Waals surface area (Å²) in [7, 11) is 0. The molecule has 1 heterocycles. The van der Waals surface area contributed by atoms with Crippen LogP contribution in [0.5, 0.6) is 0 Å². The third-order valence-corrected chi connectivity index (χ3v) is 3.18. The number of aromatic nitrogens is 2. The second-order valence-corrected chi connectivity index (χ2v) is 4.00. The van der Waals surface area contributed by atoms with Crippen LogP contribution < -0.4 is 5.32 Å². The minimum Gasteiger partial charge on any atom is -0.396 e. The highest BCUT2D eigenvalue weighted by atomic mass is 16.3. The topological polar surface area (TPSA) is 60.9 Å². The van der Waals surface area contributed by atoms with E-state index in [9.17, 15) is 5.11 Å². The van der Waals surface area contributed by atoms with Gasteiger partial charge in [0.2, 0.25) is 0 Å². The van der Waals surface area contributed by atoms with E-state index in [0.717, 1.165) is 31.8 Å². The lowest BCUT2D eigenvalue weighted by Gasteiger charge is -2.29. The summed E-state index contributed by atoms with van der Waals surface area (Å²) >= 11 is 0. The van der Waals surface area contributed by atoms with E-state index in [-0.39, 0.29) is 12.0 Å². The Bertz CT molecular complexity index is 247. The molecule has 0 aliphatic heterocycles. The van der Waals surface area contributed by atoms with E-state index in [1.807, 2.05) is 6.20 Å². The molecule has 0 spiro atoms. The Labute approximate surface area is 91.1 Å². The van der Waals surface area contributed by atoms with Crippen molar-refractivity contribution in [3.63, 3.8) is 0 Å². The van der Waals surface area contributed by atoms with Gasteiger partial charge in [-0.1, -0.05) is 13.8 Å². The number of H-pyrrole nitrogens is 1. The first kappa shape index (κ1) is 12.2. The minimum absolute atomic E-state index is 0.0204. The lowest BCUT2D eigenvalue weighted by atomic mass is 9.83. The van der Waals surface area contributed by atoms with Crippen molar-refractivity contribution in [2.45, 2.75) is 33.2 Å². The summed E-state index contributed by atoms with van der Waals surface area (Å²) in [6, 6.07) is 0. The first-order chi connectivity index (χ1) is 7.26. The van der Waals surface area contributed by atoms with Gasteiger partial charge in [0.25, 0.3) is 0 Å². The number of nitrogens with zero attached hydrogens (tertiary/aromatic N) is 1. The van der Waals surface area contributed by atoms with E-state index in [0.29, 0.717) is 0 Å². The van der Waals surface area contributed by atoms with Crippen LogP contribution in [-0.4, -0.2) is 28.2 Å². The van der Waals surface area contributed by atoms with Crippen molar-refractivity contribution in [1.82, 2.24) is 15.3 Å². The Balaban J connectivity index is 2.34. The van der Waals surface area contributed by atoms with Gasteiger partial charge in [0.15, 0.2) is 0 Å². The Morgan fingerprint density at radius 1 is 1.47 bits per heavy atom. The molecule has 0 aliphatic rings. The van der Waals surface area contributed by atoms with E-state index in [4.69, 9.17) is 0 Å². The van der Waals surface area contributed by atoms with Gasteiger partial charge >= 0.3 is 0 Å². The van der Waals surface area contributed by atoms with Crippen LogP contribution in [0.2, 0.25) is 0 Å². The van der Waals surface area contributed by atoms with Gasteiger partial charge in [-0.05, 0) is 12.8 Å². The van der Waals surface area contributed by atoms with Gasteiger partial charge < -0.3 is 15.4 Å². The Morgan fingerprint density at radius 2 is 2.20 bits per heavy atom. The number of aliphatic hydroxyl groups excluding tert-OH is 1. The molecule has 0 bridgehead atoms. The fraction of sp³-hybridized carbons (Fsp3) is 0.727. The fourth-order valence-corrected chi connectivity index (χ4v) is 1.62. The highest BCUT2D eigenvalue weighted by molar-refractivity contribution is 4.87. The quantitative estimate of drug-likeness (QED) is 0.637. The molecule has 0 saturated heterocycles. The number of nitrogens with one attached hydrogen (secondary N) is 2. The fourth-order valence-electron chi connectivity index (χ4n) is 1.62. The molecule has 0 fully saturated rings. The van der Waals surface area contributed by atoms with Crippen molar-refractivity contribution in [3.05, 3.63) is 18.2 Å². The predicted molar refractivity (Wildman–Crippen MR) is 60.4 cm³/mol. The molecule has 0 radical (unpaired) electrons. The molecule has 1 aromatic rings. The van der Waals surface area contributed by atoms with Gasteiger partial charge in [-0.15, -0.1) is 0 Å². The monoisotopic (exact) mass is 211 g/mol. The first-order valence-corrected chi connectivity index (χ1v) is 5.56. The maximum absolute atomic E-state index is 9.37. The standard InChI is InChI=1S/C11H21N3O/c1-3-11(4-2,9-15)8-12-7-10-13-5-6-14-10/h5-6,12,15H,3-4,7-9H2,1-2H3,(H,13,14). The van der Waals surface area contributed by atoms with Crippen LogP contribution in [-0.2, 0) is 6.54 Å². The maximum Gasteiger partial charge on any atom is 0.120 e. The van der Waals surface area contributed by atoms with E-state index in [1.54, 1.807) is 6.20 Å². The molecule has 0 aliphatic carbocycles. The van der Waals surface area contributed by atoms with Crippen molar-refractivity contribution in [3.8, 4) is 0 Å². The number of rotatable bonds is 7. The molecule has 1 aromatic heterocycles.